The minimum absolute atomic E-state index is 0.112. The molecule has 162 valence electrons. The molecule has 0 radical (unpaired) electrons. The van der Waals surface area contributed by atoms with E-state index in [-0.39, 0.29) is 12.5 Å². The first-order chi connectivity index (χ1) is 14.3. The molecule has 0 aliphatic carbocycles. The van der Waals surface area contributed by atoms with Crippen molar-refractivity contribution >= 4 is 17.5 Å². The van der Waals surface area contributed by atoms with E-state index >= 15 is 0 Å². The number of rotatable bonds is 6. The monoisotopic (exact) mass is 433 g/mol. The molecular weight excluding hydrogens is 406 g/mol. The molecule has 1 unspecified atom stereocenters. The highest BCUT2D eigenvalue weighted by Gasteiger charge is 2.33. The van der Waals surface area contributed by atoms with Crippen molar-refractivity contribution < 1.29 is 24.1 Å². The molecule has 1 N–H and O–H groups in total. The van der Waals surface area contributed by atoms with Crippen LogP contribution in [-0.2, 0) is 0 Å². The topological polar surface area (TPSA) is 68.2 Å². The predicted octanol–water partition coefficient (Wildman–Crippen LogP) is 4.10. The number of amides is 1. The Bertz CT molecular complexity index is 881. The van der Waals surface area contributed by atoms with E-state index < -0.39 is 5.60 Å². The number of carbonyl (C=O) groups is 1. The molecule has 1 heterocycles. The quantitative estimate of drug-likeness (QED) is 0.742. The molecule has 2 aromatic rings. The van der Waals surface area contributed by atoms with Crippen LogP contribution < -0.4 is 14.2 Å². The summed E-state index contributed by atoms with van der Waals surface area (Å²) in [6.07, 6.45) is 1.64. The van der Waals surface area contributed by atoms with Crippen molar-refractivity contribution in [2.24, 2.45) is 0 Å². The number of benzene rings is 2. The highest BCUT2D eigenvalue weighted by molar-refractivity contribution is 6.32. The zero-order valence-corrected chi connectivity index (χ0v) is 18.4. The van der Waals surface area contributed by atoms with E-state index in [1.165, 1.54) is 0 Å². The third-order valence-corrected chi connectivity index (χ3v) is 5.70. The van der Waals surface area contributed by atoms with Crippen LogP contribution in [0.4, 0.5) is 0 Å². The number of aryl methyl sites for hydroxylation is 1. The summed E-state index contributed by atoms with van der Waals surface area (Å²) in [5.41, 5.74) is 0.515. The lowest BCUT2D eigenvalue weighted by atomic mass is 9.96. The summed E-state index contributed by atoms with van der Waals surface area (Å²) in [6, 6.07) is 10.7. The SMILES string of the molecule is COc1cc(OC)cc(C(=O)N2CCCC(O)(COc3cc(C)ccc3Cl)CC2)c1. The Labute approximate surface area is 182 Å². The average Bonchev–Trinajstić information content (AvgIpc) is 2.95. The van der Waals surface area contributed by atoms with E-state index in [1.54, 1.807) is 43.4 Å². The molecule has 1 aliphatic heterocycles. The Hall–Kier alpha value is -2.44. The minimum atomic E-state index is -1.02. The van der Waals surface area contributed by atoms with Crippen LogP contribution in [0.2, 0.25) is 5.02 Å². The van der Waals surface area contributed by atoms with Crippen molar-refractivity contribution in [1.82, 2.24) is 4.90 Å². The van der Waals surface area contributed by atoms with Crippen molar-refractivity contribution in [3.63, 3.8) is 0 Å². The lowest BCUT2D eigenvalue weighted by Crippen LogP contribution is -2.38. The molecule has 1 aliphatic rings. The maximum absolute atomic E-state index is 13.0. The first kappa shape index (κ1) is 22.2. The number of nitrogens with zero attached hydrogens (tertiary/aromatic N) is 1. The molecule has 1 fully saturated rings. The van der Waals surface area contributed by atoms with Crippen molar-refractivity contribution in [2.45, 2.75) is 31.8 Å². The molecule has 0 saturated carbocycles. The van der Waals surface area contributed by atoms with Gasteiger partial charge >= 0.3 is 0 Å². The van der Waals surface area contributed by atoms with Crippen LogP contribution in [0.5, 0.6) is 17.2 Å². The van der Waals surface area contributed by atoms with Crippen molar-refractivity contribution in [3.8, 4) is 17.2 Å². The summed E-state index contributed by atoms with van der Waals surface area (Å²) >= 11 is 6.19. The molecule has 6 nitrogen and oxygen atoms in total. The molecule has 30 heavy (non-hydrogen) atoms. The van der Waals surface area contributed by atoms with E-state index in [1.807, 2.05) is 19.1 Å². The van der Waals surface area contributed by atoms with E-state index in [4.69, 9.17) is 25.8 Å². The van der Waals surface area contributed by atoms with Gasteiger partial charge in [-0.1, -0.05) is 17.7 Å². The van der Waals surface area contributed by atoms with Gasteiger partial charge < -0.3 is 24.2 Å². The molecule has 1 atom stereocenters. The summed E-state index contributed by atoms with van der Waals surface area (Å²) in [5, 5.41) is 11.6. The third kappa shape index (κ3) is 5.37. The second-order valence-electron chi connectivity index (χ2n) is 7.69. The fourth-order valence-corrected chi connectivity index (χ4v) is 3.75. The smallest absolute Gasteiger partial charge is 0.254 e. The Morgan fingerprint density at radius 2 is 1.80 bits per heavy atom. The lowest BCUT2D eigenvalue weighted by molar-refractivity contribution is -0.0163. The number of aliphatic hydroxyl groups is 1. The zero-order chi connectivity index (χ0) is 21.7. The molecular formula is C23H28ClNO5. The molecule has 0 spiro atoms. The Kier molecular flexibility index (Phi) is 7.10. The second-order valence-corrected chi connectivity index (χ2v) is 8.10. The number of methoxy groups -OCH3 is 2. The van der Waals surface area contributed by atoms with Crippen LogP contribution in [0.3, 0.4) is 0 Å². The van der Waals surface area contributed by atoms with Crippen molar-refractivity contribution in [2.75, 3.05) is 33.9 Å². The Balaban J connectivity index is 1.66. The van der Waals surface area contributed by atoms with Gasteiger partial charge in [0.2, 0.25) is 0 Å². The number of hydrogen-bond acceptors (Lipinski definition) is 5. The normalized spacial score (nSPS) is 19.2. The van der Waals surface area contributed by atoms with Crippen LogP contribution in [0, 0.1) is 6.92 Å². The number of halogens is 1. The van der Waals surface area contributed by atoms with Gasteiger partial charge in [0.25, 0.3) is 5.91 Å². The summed E-state index contributed by atoms with van der Waals surface area (Å²) in [4.78, 5) is 14.8. The first-order valence-corrected chi connectivity index (χ1v) is 10.3. The highest BCUT2D eigenvalue weighted by atomic mass is 35.5. The van der Waals surface area contributed by atoms with Crippen molar-refractivity contribution in [1.29, 1.82) is 0 Å². The Morgan fingerprint density at radius 3 is 2.47 bits per heavy atom. The molecule has 1 saturated heterocycles. The number of carbonyl (C=O) groups excluding carboxylic acids is 1. The van der Waals surface area contributed by atoms with Gasteiger partial charge in [-0.25, -0.2) is 0 Å². The van der Waals surface area contributed by atoms with Crippen LogP contribution in [0.15, 0.2) is 36.4 Å². The average molecular weight is 434 g/mol. The van der Waals surface area contributed by atoms with Gasteiger partial charge in [-0.3, -0.25) is 4.79 Å². The van der Waals surface area contributed by atoms with Gasteiger partial charge in [0.15, 0.2) is 0 Å². The fraction of sp³-hybridized carbons (Fsp3) is 0.435. The Morgan fingerprint density at radius 1 is 1.10 bits per heavy atom. The fourth-order valence-electron chi connectivity index (χ4n) is 3.57. The third-order valence-electron chi connectivity index (χ3n) is 5.39. The number of ether oxygens (including phenoxy) is 3. The number of hydrogen-bond donors (Lipinski definition) is 1. The molecule has 0 bridgehead atoms. The van der Waals surface area contributed by atoms with Crippen LogP contribution in [0.25, 0.3) is 0 Å². The first-order valence-electron chi connectivity index (χ1n) is 9.97. The zero-order valence-electron chi connectivity index (χ0n) is 17.6. The second kappa shape index (κ2) is 9.58. The van der Waals surface area contributed by atoms with Gasteiger partial charge in [0.05, 0.1) is 19.2 Å². The van der Waals surface area contributed by atoms with E-state index in [9.17, 15) is 9.90 Å². The van der Waals surface area contributed by atoms with Gasteiger partial charge in [0, 0.05) is 24.7 Å². The molecule has 2 aromatic carbocycles. The molecule has 0 aromatic heterocycles. The summed E-state index contributed by atoms with van der Waals surface area (Å²) in [7, 11) is 3.10. The van der Waals surface area contributed by atoms with E-state index in [0.29, 0.717) is 60.2 Å². The highest BCUT2D eigenvalue weighted by Crippen LogP contribution is 2.30. The van der Waals surface area contributed by atoms with Crippen LogP contribution in [0.1, 0.15) is 35.2 Å². The van der Waals surface area contributed by atoms with E-state index in [2.05, 4.69) is 0 Å². The van der Waals surface area contributed by atoms with Crippen molar-refractivity contribution in [3.05, 3.63) is 52.5 Å². The summed E-state index contributed by atoms with van der Waals surface area (Å²) in [5.74, 6) is 1.57. The predicted molar refractivity (Wildman–Crippen MR) is 116 cm³/mol. The summed E-state index contributed by atoms with van der Waals surface area (Å²) < 4.78 is 16.4. The standard InChI is InChI=1S/C23H28ClNO5/c1-16-5-6-20(24)21(11-16)30-15-23(27)7-4-9-25(10-8-23)22(26)17-12-18(28-2)14-19(13-17)29-3/h5-6,11-14,27H,4,7-10,15H2,1-3H3. The van der Waals surface area contributed by atoms with Gasteiger partial charge in [-0.15, -0.1) is 0 Å². The lowest BCUT2D eigenvalue weighted by Gasteiger charge is -2.27. The summed E-state index contributed by atoms with van der Waals surface area (Å²) in [6.45, 7) is 3.08. The van der Waals surface area contributed by atoms with Gasteiger partial charge in [0.1, 0.15) is 29.5 Å². The van der Waals surface area contributed by atoms with Gasteiger partial charge in [-0.05, 0) is 56.0 Å². The molecule has 7 heteroatoms. The maximum Gasteiger partial charge on any atom is 0.254 e. The van der Waals surface area contributed by atoms with Gasteiger partial charge in [-0.2, -0.15) is 0 Å². The van der Waals surface area contributed by atoms with Crippen LogP contribution in [-0.4, -0.2) is 55.4 Å². The molecule has 3 rings (SSSR count). The minimum Gasteiger partial charge on any atom is -0.497 e. The maximum atomic E-state index is 13.0. The number of likely N-dealkylation sites (tertiary alicyclic amines) is 1. The largest absolute Gasteiger partial charge is 0.497 e. The van der Waals surface area contributed by atoms with E-state index in [0.717, 1.165) is 5.56 Å². The molecule has 1 amide bonds. The van der Waals surface area contributed by atoms with Crippen LogP contribution >= 0.6 is 11.6 Å².